The number of nitrogens with one attached hydrogen (secondary N) is 1. The van der Waals surface area contributed by atoms with Crippen molar-refractivity contribution in [2.24, 2.45) is 17.1 Å². The second kappa shape index (κ2) is 7.95. The van der Waals surface area contributed by atoms with Gasteiger partial charge >= 0.3 is 0 Å². The van der Waals surface area contributed by atoms with Crippen LogP contribution in [-0.2, 0) is 12.8 Å². The molecule has 2 amide bonds. The third-order valence-corrected chi connectivity index (χ3v) is 7.28. The van der Waals surface area contributed by atoms with E-state index in [1.165, 1.54) is 23.3 Å². The second-order valence-corrected chi connectivity index (χ2v) is 9.11. The summed E-state index contributed by atoms with van der Waals surface area (Å²) in [6.07, 6.45) is 3.89. The molecule has 1 aromatic carbocycles. The van der Waals surface area contributed by atoms with E-state index in [4.69, 9.17) is 10.5 Å². The molecule has 2 aromatic rings. The maximum Gasteiger partial charge on any atom is 0.260 e. The van der Waals surface area contributed by atoms with Gasteiger partial charge in [-0.2, -0.15) is 0 Å². The quantitative estimate of drug-likeness (QED) is 0.740. The van der Waals surface area contributed by atoms with Crippen molar-refractivity contribution in [1.82, 2.24) is 0 Å². The number of fused-ring (bicyclic) bond motifs is 1. The summed E-state index contributed by atoms with van der Waals surface area (Å²) in [6.45, 7) is 6.82. The molecule has 3 rings (SSSR count). The first-order valence-electron chi connectivity index (χ1n) is 9.67. The van der Waals surface area contributed by atoms with Gasteiger partial charge in [0.05, 0.1) is 18.2 Å². The van der Waals surface area contributed by atoms with Gasteiger partial charge in [0.25, 0.3) is 11.8 Å². The molecule has 1 aliphatic rings. The number of amides is 2. The highest BCUT2D eigenvalue weighted by Gasteiger charge is 2.35. The Labute approximate surface area is 170 Å². The summed E-state index contributed by atoms with van der Waals surface area (Å²) in [5, 5.41) is 3.45. The number of rotatable bonds is 6. The van der Waals surface area contributed by atoms with E-state index in [0.29, 0.717) is 27.8 Å². The number of carbonyl (C=O) groups excluding carboxylic acids is 2. The molecule has 0 saturated carbocycles. The van der Waals surface area contributed by atoms with Crippen LogP contribution < -0.4 is 15.8 Å². The predicted molar refractivity (Wildman–Crippen MR) is 113 cm³/mol. The number of anilines is 1. The van der Waals surface area contributed by atoms with Gasteiger partial charge in [0.2, 0.25) is 0 Å². The fourth-order valence-corrected chi connectivity index (χ4v) is 5.22. The Kier molecular flexibility index (Phi) is 5.79. The predicted octanol–water partition coefficient (Wildman–Crippen LogP) is 4.65. The zero-order valence-corrected chi connectivity index (χ0v) is 17.7. The average molecular weight is 401 g/mol. The number of thiophene rings is 1. The molecular weight excluding hydrogens is 372 g/mol. The van der Waals surface area contributed by atoms with Gasteiger partial charge in [0.15, 0.2) is 0 Å². The van der Waals surface area contributed by atoms with E-state index in [9.17, 15) is 9.59 Å². The molecule has 0 fully saturated rings. The van der Waals surface area contributed by atoms with Crippen molar-refractivity contribution in [1.29, 1.82) is 0 Å². The minimum absolute atomic E-state index is 0.245. The normalized spacial score (nSPS) is 16.4. The van der Waals surface area contributed by atoms with Gasteiger partial charge in [-0.3, -0.25) is 9.59 Å². The zero-order valence-electron chi connectivity index (χ0n) is 16.9. The number of primary amides is 1. The number of benzene rings is 1. The Morgan fingerprint density at radius 2 is 2.04 bits per heavy atom. The van der Waals surface area contributed by atoms with Crippen LogP contribution in [0.5, 0.6) is 5.75 Å². The first-order chi connectivity index (χ1) is 13.3. The Morgan fingerprint density at radius 3 is 2.68 bits per heavy atom. The van der Waals surface area contributed by atoms with Crippen molar-refractivity contribution >= 4 is 28.2 Å². The lowest BCUT2D eigenvalue weighted by Gasteiger charge is -2.36. The lowest BCUT2D eigenvalue weighted by Crippen LogP contribution is -2.29. The minimum Gasteiger partial charge on any atom is -0.496 e. The van der Waals surface area contributed by atoms with Gasteiger partial charge in [-0.05, 0) is 48.3 Å². The Hall–Kier alpha value is -2.34. The van der Waals surface area contributed by atoms with Crippen molar-refractivity contribution < 1.29 is 14.3 Å². The van der Waals surface area contributed by atoms with Crippen molar-refractivity contribution in [3.63, 3.8) is 0 Å². The summed E-state index contributed by atoms with van der Waals surface area (Å²) in [7, 11) is 1.53. The van der Waals surface area contributed by atoms with Crippen LogP contribution in [-0.4, -0.2) is 18.9 Å². The number of ether oxygens (including phenoxy) is 1. The molecule has 1 heterocycles. The van der Waals surface area contributed by atoms with E-state index in [0.717, 1.165) is 31.2 Å². The highest BCUT2D eigenvalue weighted by Crippen LogP contribution is 2.45. The van der Waals surface area contributed by atoms with E-state index in [1.54, 1.807) is 18.2 Å². The van der Waals surface area contributed by atoms with Gasteiger partial charge in [0.1, 0.15) is 10.8 Å². The van der Waals surface area contributed by atoms with Gasteiger partial charge in [0, 0.05) is 4.88 Å². The molecule has 1 unspecified atom stereocenters. The van der Waals surface area contributed by atoms with E-state index in [2.05, 4.69) is 26.1 Å². The first-order valence-corrected chi connectivity index (χ1v) is 10.5. The smallest absolute Gasteiger partial charge is 0.260 e. The number of hydrogen-bond donors (Lipinski definition) is 2. The zero-order chi connectivity index (χ0) is 20.5. The molecule has 1 aliphatic carbocycles. The fourth-order valence-electron chi connectivity index (χ4n) is 3.89. The van der Waals surface area contributed by atoms with E-state index in [1.807, 2.05) is 6.07 Å². The summed E-state index contributed by atoms with van der Waals surface area (Å²) in [6, 6.07) is 7.03. The third kappa shape index (κ3) is 3.78. The SMILES string of the molecule is CCC(C)(C)C1CCc2c(sc(NC(=O)c3ccccc3OC)c2C(N)=O)C1. The van der Waals surface area contributed by atoms with Crippen LogP contribution in [0.4, 0.5) is 5.00 Å². The first kappa shape index (κ1) is 20.4. The standard InChI is InChI=1S/C22H28N2O3S/c1-5-22(2,3)13-10-11-15-17(12-13)28-21(18(15)19(23)25)24-20(26)14-8-6-7-9-16(14)27-4/h6-9,13H,5,10-12H2,1-4H3,(H2,23,25)(H,24,26). The van der Waals surface area contributed by atoms with Gasteiger partial charge in [-0.1, -0.05) is 39.3 Å². The molecule has 5 nitrogen and oxygen atoms in total. The summed E-state index contributed by atoms with van der Waals surface area (Å²) in [5.74, 6) is 0.263. The lowest BCUT2D eigenvalue weighted by atomic mass is 9.69. The summed E-state index contributed by atoms with van der Waals surface area (Å²) >= 11 is 1.48. The number of methoxy groups -OCH3 is 1. The molecule has 1 aromatic heterocycles. The minimum atomic E-state index is -0.485. The molecule has 0 spiro atoms. The summed E-state index contributed by atoms with van der Waals surface area (Å²) in [4.78, 5) is 26.2. The summed E-state index contributed by atoms with van der Waals surface area (Å²) < 4.78 is 5.28. The molecule has 6 heteroatoms. The topological polar surface area (TPSA) is 81.4 Å². The van der Waals surface area contributed by atoms with Crippen molar-refractivity contribution in [2.45, 2.75) is 46.5 Å². The number of carbonyl (C=O) groups is 2. The van der Waals surface area contributed by atoms with Crippen LogP contribution >= 0.6 is 11.3 Å². The van der Waals surface area contributed by atoms with Crippen molar-refractivity contribution in [3.05, 3.63) is 45.8 Å². The van der Waals surface area contributed by atoms with Crippen molar-refractivity contribution in [3.8, 4) is 5.75 Å². The van der Waals surface area contributed by atoms with Crippen molar-refractivity contribution in [2.75, 3.05) is 12.4 Å². The maximum atomic E-state index is 12.8. The number of nitrogens with two attached hydrogens (primary N) is 1. The Balaban J connectivity index is 1.93. The van der Waals surface area contributed by atoms with Crippen LogP contribution in [0.2, 0.25) is 0 Å². The van der Waals surface area contributed by atoms with Crippen LogP contribution in [0.15, 0.2) is 24.3 Å². The molecular formula is C22H28N2O3S. The van der Waals surface area contributed by atoms with Crippen LogP contribution in [0.1, 0.15) is 64.8 Å². The van der Waals surface area contributed by atoms with E-state index >= 15 is 0 Å². The highest BCUT2D eigenvalue weighted by molar-refractivity contribution is 7.17. The lowest BCUT2D eigenvalue weighted by molar-refractivity contribution is 0.0999. The summed E-state index contributed by atoms with van der Waals surface area (Å²) in [5.41, 5.74) is 7.84. The molecule has 150 valence electrons. The van der Waals surface area contributed by atoms with Crippen LogP contribution in [0.3, 0.4) is 0 Å². The largest absolute Gasteiger partial charge is 0.496 e. The molecule has 1 atom stereocenters. The van der Waals surface area contributed by atoms with Gasteiger partial charge < -0.3 is 15.8 Å². The molecule has 0 aliphatic heterocycles. The molecule has 0 radical (unpaired) electrons. The molecule has 3 N–H and O–H groups in total. The average Bonchev–Trinajstić information content (AvgIpc) is 3.04. The van der Waals surface area contributed by atoms with Gasteiger partial charge in [-0.15, -0.1) is 11.3 Å². The fraction of sp³-hybridized carbons (Fsp3) is 0.455. The van der Waals surface area contributed by atoms with E-state index < -0.39 is 5.91 Å². The highest BCUT2D eigenvalue weighted by atomic mass is 32.1. The third-order valence-electron chi connectivity index (χ3n) is 6.11. The number of para-hydroxylation sites is 1. The number of hydrogen-bond acceptors (Lipinski definition) is 4. The monoisotopic (exact) mass is 400 g/mol. The Morgan fingerprint density at radius 1 is 1.32 bits per heavy atom. The maximum absolute atomic E-state index is 12.8. The molecule has 0 bridgehead atoms. The molecule has 28 heavy (non-hydrogen) atoms. The van der Waals surface area contributed by atoms with Crippen LogP contribution in [0, 0.1) is 11.3 Å². The van der Waals surface area contributed by atoms with E-state index in [-0.39, 0.29) is 11.3 Å². The second-order valence-electron chi connectivity index (χ2n) is 8.01. The van der Waals surface area contributed by atoms with Gasteiger partial charge in [-0.25, -0.2) is 0 Å². The Bertz CT molecular complexity index is 901. The van der Waals surface area contributed by atoms with Crippen LogP contribution in [0.25, 0.3) is 0 Å². The molecule has 0 saturated heterocycles.